The van der Waals surface area contributed by atoms with Crippen LogP contribution in [-0.2, 0) is 9.59 Å². The average molecular weight is 186 g/mol. The molecule has 0 aromatic rings. The normalized spacial score (nSPS) is 11.7. The van der Waals surface area contributed by atoms with Crippen LogP contribution in [-0.4, -0.2) is 36.7 Å². The third-order valence-corrected chi connectivity index (χ3v) is 1.36. The molecular weight excluding hydrogens is 175 g/mol. The summed E-state index contributed by atoms with van der Waals surface area (Å²) in [5, 5.41) is 10.8. The van der Waals surface area contributed by atoms with E-state index in [1.807, 2.05) is 0 Å². The van der Waals surface area contributed by atoms with Crippen LogP contribution in [0.2, 0.25) is 0 Å². The van der Waals surface area contributed by atoms with E-state index in [1.165, 1.54) is 7.85 Å². The molecule has 4 N–H and O–H groups in total. The molecule has 0 aliphatic rings. The van der Waals surface area contributed by atoms with Crippen LogP contribution in [0.1, 0.15) is 12.8 Å². The van der Waals surface area contributed by atoms with E-state index in [4.69, 9.17) is 10.8 Å². The van der Waals surface area contributed by atoms with E-state index in [9.17, 15) is 14.4 Å². The highest BCUT2D eigenvalue weighted by atomic mass is 16.4. The fourth-order valence-corrected chi connectivity index (χ4v) is 0.789. The number of carbonyl (C=O) groups is 3. The largest absolute Gasteiger partial charge is 0.480 e. The summed E-state index contributed by atoms with van der Waals surface area (Å²) < 4.78 is 0. The van der Waals surface area contributed by atoms with Crippen molar-refractivity contribution in [1.29, 1.82) is 0 Å². The van der Waals surface area contributed by atoms with Gasteiger partial charge in [-0.2, -0.15) is 0 Å². The number of aliphatic carboxylic acids is 1. The first kappa shape index (κ1) is 11.5. The maximum absolute atomic E-state index is 10.5. The molecule has 0 aromatic carbocycles. The first-order valence-electron chi connectivity index (χ1n) is 3.71. The van der Waals surface area contributed by atoms with Crippen molar-refractivity contribution >= 4 is 25.5 Å². The van der Waals surface area contributed by atoms with Gasteiger partial charge in [0, 0.05) is 6.42 Å². The fraction of sp³-hybridized carbons (Fsp3) is 0.500. The monoisotopic (exact) mass is 186 g/mol. The molecule has 0 fully saturated rings. The summed E-state index contributed by atoms with van der Waals surface area (Å²) >= 11 is 0. The van der Waals surface area contributed by atoms with Crippen molar-refractivity contribution < 1.29 is 19.5 Å². The number of carboxylic acid groups (broad SMARTS) is 1. The first-order valence-corrected chi connectivity index (χ1v) is 3.71. The van der Waals surface area contributed by atoms with E-state index in [0.29, 0.717) is 0 Å². The van der Waals surface area contributed by atoms with Gasteiger partial charge in [0.05, 0.1) is 0 Å². The Kier molecular flexibility index (Phi) is 4.57. The predicted octanol–water partition coefficient (Wildman–Crippen LogP) is -1.95. The molecule has 0 aliphatic heterocycles. The molecule has 6 nitrogen and oxygen atoms in total. The maximum Gasteiger partial charge on any atom is 0.326 e. The van der Waals surface area contributed by atoms with Crippen LogP contribution >= 0.6 is 0 Å². The summed E-state index contributed by atoms with van der Waals surface area (Å²) in [6.45, 7) is 0. The van der Waals surface area contributed by atoms with Crippen LogP contribution in [0.15, 0.2) is 0 Å². The van der Waals surface area contributed by atoms with Gasteiger partial charge in [-0.05, 0) is 6.42 Å². The Balaban J connectivity index is 4.02. The Bertz CT molecular complexity index is 231. The number of rotatable bonds is 5. The number of carbonyl (C=O) groups excluding carboxylic acids is 2. The van der Waals surface area contributed by atoms with E-state index in [-0.39, 0.29) is 12.8 Å². The van der Waals surface area contributed by atoms with Crippen molar-refractivity contribution in [1.82, 2.24) is 5.32 Å². The molecule has 0 unspecified atom stereocenters. The predicted molar refractivity (Wildman–Crippen MR) is 46.9 cm³/mol. The van der Waals surface area contributed by atoms with Gasteiger partial charge in [-0.3, -0.25) is 9.59 Å². The van der Waals surface area contributed by atoms with E-state index in [2.05, 4.69) is 5.32 Å². The van der Waals surface area contributed by atoms with Gasteiger partial charge in [0.1, 0.15) is 6.04 Å². The highest BCUT2D eigenvalue weighted by Crippen LogP contribution is 1.96. The Hall–Kier alpha value is -1.53. The first-order chi connectivity index (χ1) is 5.93. The van der Waals surface area contributed by atoms with Gasteiger partial charge in [-0.1, -0.05) is 0 Å². The summed E-state index contributed by atoms with van der Waals surface area (Å²) in [4.78, 5) is 31.3. The second kappa shape index (κ2) is 5.18. The minimum Gasteiger partial charge on any atom is -0.480 e. The van der Waals surface area contributed by atoms with Crippen LogP contribution in [0.3, 0.4) is 0 Å². The molecule has 0 spiro atoms. The number of nitrogens with one attached hydrogen (secondary N) is 1. The number of amides is 2. The molecule has 72 valence electrons. The number of primary amides is 1. The van der Waals surface area contributed by atoms with Crippen LogP contribution in [0.4, 0.5) is 4.79 Å². The summed E-state index contributed by atoms with van der Waals surface area (Å²) in [6, 6.07) is -1.04. The lowest BCUT2D eigenvalue weighted by atomic mass is 10.1. The van der Waals surface area contributed by atoms with Crippen molar-refractivity contribution in [3.05, 3.63) is 0 Å². The fourth-order valence-electron chi connectivity index (χ4n) is 0.789. The Labute approximate surface area is 75.9 Å². The standard InChI is InChI=1S/C6H11BN2O4/c7-6(13)9-3(5(11)12)1-2-4(8)10/h3H,1-2,7H2,(H2,8,10)(H,9,13)(H,11,12)/t3-/m0/s1. The molecule has 1 atom stereocenters. The van der Waals surface area contributed by atoms with Gasteiger partial charge >= 0.3 is 5.97 Å². The number of carboxylic acids is 1. The second-order valence-corrected chi connectivity index (χ2v) is 2.60. The van der Waals surface area contributed by atoms with E-state index < -0.39 is 23.7 Å². The Morgan fingerprint density at radius 1 is 1.46 bits per heavy atom. The van der Waals surface area contributed by atoms with E-state index >= 15 is 0 Å². The third kappa shape index (κ3) is 5.71. The third-order valence-electron chi connectivity index (χ3n) is 1.36. The van der Waals surface area contributed by atoms with Gasteiger partial charge in [0.15, 0.2) is 5.81 Å². The molecule has 13 heavy (non-hydrogen) atoms. The van der Waals surface area contributed by atoms with Gasteiger partial charge in [-0.25, -0.2) is 4.79 Å². The van der Waals surface area contributed by atoms with Crippen molar-refractivity contribution in [2.75, 3.05) is 0 Å². The number of nitrogens with two attached hydrogens (primary N) is 1. The molecule has 0 heterocycles. The van der Waals surface area contributed by atoms with Crippen molar-refractivity contribution in [3.63, 3.8) is 0 Å². The number of hydrogen-bond donors (Lipinski definition) is 3. The molecule has 0 bridgehead atoms. The molecule has 2 amide bonds. The Morgan fingerprint density at radius 3 is 2.31 bits per heavy atom. The smallest absolute Gasteiger partial charge is 0.326 e. The van der Waals surface area contributed by atoms with Gasteiger partial charge in [0.2, 0.25) is 13.8 Å². The minimum atomic E-state index is -1.17. The highest BCUT2D eigenvalue weighted by molar-refractivity contribution is 6.57. The van der Waals surface area contributed by atoms with Crippen molar-refractivity contribution in [2.45, 2.75) is 18.9 Å². The molecule has 0 aliphatic carbocycles. The molecule has 0 saturated carbocycles. The summed E-state index contributed by atoms with van der Waals surface area (Å²) in [6.07, 6.45) is -0.0402. The molecular formula is C6H11BN2O4. The molecule has 0 aromatic heterocycles. The minimum absolute atomic E-state index is 0.0181. The van der Waals surface area contributed by atoms with Crippen molar-refractivity contribution in [3.8, 4) is 0 Å². The van der Waals surface area contributed by atoms with Gasteiger partial charge in [0.25, 0.3) is 0 Å². The highest BCUT2D eigenvalue weighted by Gasteiger charge is 2.18. The van der Waals surface area contributed by atoms with Gasteiger partial charge in [-0.15, -0.1) is 0 Å². The molecule has 0 radical (unpaired) electrons. The zero-order chi connectivity index (χ0) is 10.4. The average Bonchev–Trinajstić information content (AvgIpc) is 1.96. The second-order valence-electron chi connectivity index (χ2n) is 2.60. The van der Waals surface area contributed by atoms with E-state index in [0.717, 1.165) is 0 Å². The topological polar surface area (TPSA) is 109 Å². The lowest BCUT2D eigenvalue weighted by Crippen LogP contribution is -2.40. The summed E-state index contributed by atoms with van der Waals surface area (Å²) in [5.41, 5.74) is 4.83. The lowest BCUT2D eigenvalue weighted by molar-refractivity contribution is -0.139. The van der Waals surface area contributed by atoms with E-state index in [1.54, 1.807) is 0 Å². The lowest BCUT2D eigenvalue weighted by Gasteiger charge is -2.11. The molecule has 7 heteroatoms. The van der Waals surface area contributed by atoms with Crippen LogP contribution in [0.25, 0.3) is 0 Å². The molecule has 0 saturated heterocycles. The van der Waals surface area contributed by atoms with Crippen LogP contribution in [0, 0.1) is 0 Å². The maximum atomic E-state index is 10.5. The zero-order valence-electron chi connectivity index (χ0n) is 7.24. The zero-order valence-corrected chi connectivity index (χ0v) is 7.24. The van der Waals surface area contributed by atoms with Crippen LogP contribution < -0.4 is 11.1 Å². The molecule has 0 rings (SSSR count). The number of hydrogen-bond acceptors (Lipinski definition) is 3. The quantitative estimate of drug-likeness (QED) is 0.433. The summed E-state index contributed by atoms with van der Waals surface area (Å²) in [7, 11) is 1.21. The van der Waals surface area contributed by atoms with Crippen LogP contribution in [0.5, 0.6) is 0 Å². The van der Waals surface area contributed by atoms with Crippen molar-refractivity contribution in [2.24, 2.45) is 5.73 Å². The van der Waals surface area contributed by atoms with Gasteiger partial charge < -0.3 is 16.2 Å². The summed E-state index contributed by atoms with van der Waals surface area (Å²) in [5.74, 6) is -2.20. The SMILES string of the molecule is BC(=O)N[C@@H](CCC(N)=O)C(=O)O. The Morgan fingerprint density at radius 2 is 2.00 bits per heavy atom.